The van der Waals surface area contributed by atoms with Gasteiger partial charge in [0.25, 0.3) is 0 Å². The molecule has 0 radical (unpaired) electrons. The molecular weight excluding hydrogens is 299 g/mol. The second kappa shape index (κ2) is 7.63. The lowest BCUT2D eigenvalue weighted by atomic mass is 10.0. The fraction of sp³-hybridized carbons (Fsp3) is 0.278. The molecule has 122 valence electrons. The molecule has 0 fully saturated rings. The van der Waals surface area contributed by atoms with Crippen molar-refractivity contribution in [2.45, 2.75) is 26.9 Å². The van der Waals surface area contributed by atoms with Crippen LogP contribution in [0.2, 0.25) is 0 Å². The fourth-order valence-electron chi connectivity index (χ4n) is 2.19. The predicted molar refractivity (Wildman–Crippen MR) is 84.0 cm³/mol. The highest BCUT2D eigenvalue weighted by Gasteiger charge is 2.12. The topological polar surface area (TPSA) is 55.8 Å². The van der Waals surface area contributed by atoms with Crippen LogP contribution in [-0.4, -0.2) is 17.7 Å². The van der Waals surface area contributed by atoms with Gasteiger partial charge in [0.05, 0.1) is 6.61 Å². The Morgan fingerprint density at radius 3 is 2.43 bits per heavy atom. The first-order chi connectivity index (χ1) is 11.0. The number of carbonyl (C=O) groups excluding carboxylic acids is 1. The number of phenolic OH excluding ortho intramolecular Hbond substituents is 1. The van der Waals surface area contributed by atoms with Gasteiger partial charge in [-0.3, -0.25) is 4.79 Å². The average Bonchev–Trinajstić information content (AvgIpc) is 2.51. The van der Waals surface area contributed by atoms with Crippen molar-refractivity contribution in [3.05, 3.63) is 58.9 Å². The molecule has 2 rings (SSSR count). The average molecular weight is 318 g/mol. The lowest BCUT2D eigenvalue weighted by Gasteiger charge is -2.10. The molecule has 0 unspecified atom stereocenters. The Morgan fingerprint density at radius 1 is 1.17 bits per heavy atom. The molecule has 4 nitrogen and oxygen atoms in total. The predicted octanol–water partition coefficient (Wildman–Crippen LogP) is 3.58. The van der Waals surface area contributed by atoms with Crippen molar-refractivity contribution in [1.29, 1.82) is 0 Å². The van der Waals surface area contributed by atoms with Crippen LogP contribution in [0.3, 0.4) is 0 Å². The van der Waals surface area contributed by atoms with Crippen molar-refractivity contribution >= 4 is 5.97 Å². The molecule has 0 amide bonds. The number of rotatable bonds is 6. The number of hydrogen-bond donors (Lipinski definition) is 1. The van der Waals surface area contributed by atoms with E-state index in [-0.39, 0.29) is 24.3 Å². The summed E-state index contributed by atoms with van der Waals surface area (Å²) >= 11 is 0. The quantitative estimate of drug-likeness (QED) is 0.827. The molecule has 0 bridgehead atoms. The van der Waals surface area contributed by atoms with Gasteiger partial charge in [0.2, 0.25) is 0 Å². The van der Waals surface area contributed by atoms with Crippen molar-refractivity contribution in [3.63, 3.8) is 0 Å². The molecule has 0 atom stereocenters. The Hall–Kier alpha value is -2.56. The largest absolute Gasteiger partial charge is 0.508 e. The Morgan fingerprint density at radius 2 is 1.87 bits per heavy atom. The van der Waals surface area contributed by atoms with Gasteiger partial charge in [0.15, 0.2) is 0 Å². The van der Waals surface area contributed by atoms with Gasteiger partial charge in [-0.2, -0.15) is 0 Å². The Labute approximate surface area is 134 Å². The third kappa shape index (κ3) is 4.71. The number of benzene rings is 2. The first-order valence-electron chi connectivity index (χ1n) is 7.35. The number of aromatic hydroxyl groups is 1. The first kappa shape index (κ1) is 16.8. The molecule has 5 heteroatoms. The maximum Gasteiger partial charge on any atom is 0.302 e. The van der Waals surface area contributed by atoms with Crippen LogP contribution >= 0.6 is 0 Å². The zero-order valence-corrected chi connectivity index (χ0v) is 13.1. The Kier molecular flexibility index (Phi) is 5.57. The van der Waals surface area contributed by atoms with Gasteiger partial charge >= 0.3 is 5.97 Å². The molecule has 0 saturated heterocycles. The number of esters is 1. The number of halogens is 1. The van der Waals surface area contributed by atoms with E-state index in [2.05, 4.69) is 0 Å². The van der Waals surface area contributed by atoms with E-state index in [1.54, 1.807) is 0 Å². The standard InChI is InChI=1S/C18H19FO4/c1-3-22-15-6-4-13(5-7-15)8-16-17(19)9-14(10-18(16)21)11-23-12(2)20/h4-7,9-10,21H,3,8,11H2,1-2H3. The fourth-order valence-corrected chi connectivity index (χ4v) is 2.19. The summed E-state index contributed by atoms with van der Waals surface area (Å²) in [7, 11) is 0. The van der Waals surface area contributed by atoms with Crippen LogP contribution in [0, 0.1) is 5.82 Å². The molecule has 0 aliphatic heterocycles. The van der Waals surface area contributed by atoms with Gasteiger partial charge in [-0.25, -0.2) is 4.39 Å². The van der Waals surface area contributed by atoms with Gasteiger partial charge in [-0.05, 0) is 42.3 Å². The minimum Gasteiger partial charge on any atom is -0.508 e. The third-order valence-electron chi connectivity index (χ3n) is 3.29. The van der Waals surface area contributed by atoms with Gasteiger partial charge in [0.1, 0.15) is 23.9 Å². The summed E-state index contributed by atoms with van der Waals surface area (Å²) in [6.45, 7) is 3.69. The summed E-state index contributed by atoms with van der Waals surface area (Å²) in [6, 6.07) is 9.96. The first-order valence-corrected chi connectivity index (χ1v) is 7.35. The summed E-state index contributed by atoms with van der Waals surface area (Å²) in [5, 5.41) is 10.0. The highest BCUT2D eigenvalue weighted by atomic mass is 19.1. The van der Waals surface area contributed by atoms with Crippen LogP contribution in [0.4, 0.5) is 4.39 Å². The molecule has 0 heterocycles. The van der Waals surface area contributed by atoms with Crippen LogP contribution in [0.1, 0.15) is 30.5 Å². The van der Waals surface area contributed by atoms with Crippen molar-refractivity contribution in [2.24, 2.45) is 0 Å². The zero-order chi connectivity index (χ0) is 16.8. The second-order valence-corrected chi connectivity index (χ2v) is 5.11. The summed E-state index contributed by atoms with van der Waals surface area (Å²) in [4.78, 5) is 10.8. The highest BCUT2D eigenvalue weighted by molar-refractivity contribution is 5.65. The molecule has 0 aromatic heterocycles. The molecule has 2 aromatic rings. The van der Waals surface area contributed by atoms with Crippen molar-refractivity contribution in [2.75, 3.05) is 6.61 Å². The van der Waals surface area contributed by atoms with E-state index in [0.717, 1.165) is 11.3 Å². The maximum absolute atomic E-state index is 14.2. The third-order valence-corrected chi connectivity index (χ3v) is 3.29. The van der Waals surface area contributed by atoms with Gasteiger partial charge in [-0.15, -0.1) is 0 Å². The van der Waals surface area contributed by atoms with Crippen molar-refractivity contribution < 1.29 is 23.8 Å². The van der Waals surface area contributed by atoms with E-state index in [9.17, 15) is 14.3 Å². The molecule has 0 spiro atoms. The van der Waals surface area contributed by atoms with Crippen LogP contribution in [0.5, 0.6) is 11.5 Å². The SMILES string of the molecule is CCOc1ccc(Cc2c(O)cc(COC(C)=O)cc2F)cc1. The minimum absolute atomic E-state index is 0.0663. The minimum atomic E-state index is -0.527. The van der Waals surface area contributed by atoms with Gasteiger partial charge in [-0.1, -0.05) is 12.1 Å². The highest BCUT2D eigenvalue weighted by Crippen LogP contribution is 2.26. The smallest absolute Gasteiger partial charge is 0.302 e. The molecule has 23 heavy (non-hydrogen) atoms. The van der Waals surface area contributed by atoms with Gasteiger partial charge < -0.3 is 14.6 Å². The van der Waals surface area contributed by atoms with E-state index >= 15 is 0 Å². The Balaban J connectivity index is 2.14. The monoisotopic (exact) mass is 318 g/mol. The normalized spacial score (nSPS) is 10.4. The van der Waals surface area contributed by atoms with Crippen LogP contribution in [0.25, 0.3) is 0 Å². The number of ether oxygens (including phenoxy) is 2. The van der Waals surface area contributed by atoms with Crippen LogP contribution in [0.15, 0.2) is 36.4 Å². The van der Waals surface area contributed by atoms with Gasteiger partial charge in [0, 0.05) is 18.9 Å². The second-order valence-electron chi connectivity index (χ2n) is 5.11. The van der Waals surface area contributed by atoms with E-state index < -0.39 is 11.8 Å². The summed E-state index contributed by atoms with van der Waals surface area (Å²) in [5.74, 6) is -0.386. The summed E-state index contributed by atoms with van der Waals surface area (Å²) in [6.07, 6.45) is 0.262. The zero-order valence-electron chi connectivity index (χ0n) is 13.1. The van der Waals surface area contributed by atoms with Crippen LogP contribution < -0.4 is 4.74 Å². The molecule has 0 aliphatic carbocycles. The summed E-state index contributed by atoms with van der Waals surface area (Å²) < 4.78 is 24.4. The molecule has 0 aliphatic rings. The van der Waals surface area contributed by atoms with E-state index in [1.165, 1.54) is 19.1 Å². The van der Waals surface area contributed by atoms with Crippen molar-refractivity contribution in [1.82, 2.24) is 0 Å². The number of carbonyl (C=O) groups is 1. The molecule has 2 aromatic carbocycles. The lowest BCUT2D eigenvalue weighted by molar-refractivity contribution is -0.142. The Bertz CT molecular complexity index is 657. The van der Waals surface area contributed by atoms with E-state index in [0.29, 0.717) is 12.2 Å². The van der Waals surface area contributed by atoms with Crippen LogP contribution in [-0.2, 0) is 22.6 Å². The lowest BCUT2D eigenvalue weighted by Crippen LogP contribution is -2.01. The maximum atomic E-state index is 14.2. The van der Waals surface area contributed by atoms with E-state index in [4.69, 9.17) is 9.47 Å². The molecule has 0 saturated carbocycles. The molecule has 1 N–H and O–H groups in total. The number of phenols is 1. The molecular formula is C18H19FO4. The van der Waals surface area contributed by atoms with Crippen molar-refractivity contribution in [3.8, 4) is 11.5 Å². The van der Waals surface area contributed by atoms with E-state index in [1.807, 2.05) is 31.2 Å². The summed E-state index contributed by atoms with van der Waals surface area (Å²) in [5.41, 5.74) is 1.47. The number of hydrogen-bond acceptors (Lipinski definition) is 4.